The first-order valence-electron chi connectivity index (χ1n) is 14.1. The molecule has 36 heavy (non-hydrogen) atoms. The van der Waals surface area contributed by atoms with Crippen LogP contribution < -0.4 is 0 Å². The van der Waals surface area contributed by atoms with Crippen molar-refractivity contribution in [2.45, 2.75) is 97.1 Å². The van der Waals surface area contributed by atoms with Gasteiger partial charge in [-0.2, -0.15) is 0 Å². The second-order valence-corrected chi connectivity index (χ2v) is 14.1. The molecule has 2 aliphatic heterocycles. The van der Waals surface area contributed by atoms with Crippen molar-refractivity contribution in [1.82, 2.24) is 0 Å². The Morgan fingerprint density at radius 1 is 0.917 bits per heavy atom. The number of ether oxygens (including phenoxy) is 2. The topological polar surface area (TPSA) is 93.1 Å². The summed E-state index contributed by atoms with van der Waals surface area (Å²) in [5.41, 5.74) is 0.417. The van der Waals surface area contributed by atoms with E-state index in [2.05, 4.69) is 19.9 Å². The summed E-state index contributed by atoms with van der Waals surface area (Å²) in [6, 6.07) is 0. The zero-order chi connectivity index (χ0) is 25.7. The highest BCUT2D eigenvalue weighted by Crippen LogP contribution is 2.81. The van der Waals surface area contributed by atoms with E-state index in [0.29, 0.717) is 12.8 Å². The molecule has 7 rings (SSSR count). The molecule has 0 radical (unpaired) electrons. The summed E-state index contributed by atoms with van der Waals surface area (Å²) >= 11 is 0. The Balaban J connectivity index is 1.48. The molecule has 5 aliphatic carbocycles. The van der Waals surface area contributed by atoms with Crippen molar-refractivity contribution >= 4 is 11.9 Å². The predicted molar refractivity (Wildman–Crippen MR) is 131 cm³/mol. The third-order valence-electron chi connectivity index (χ3n) is 12.5. The molecule has 7 aliphatic rings. The molecule has 0 aromatic heterocycles. The summed E-state index contributed by atoms with van der Waals surface area (Å²) in [5, 5.41) is 24.6. The van der Waals surface area contributed by atoms with Gasteiger partial charge in [0.05, 0.1) is 23.0 Å². The first kappa shape index (κ1) is 23.5. The maximum Gasteiger partial charge on any atom is 0.309 e. The molecule has 1 spiro atoms. The lowest BCUT2D eigenvalue weighted by Crippen LogP contribution is -2.60. The molecular weight excluding hydrogens is 456 g/mol. The second-order valence-electron chi connectivity index (χ2n) is 14.1. The lowest BCUT2D eigenvalue weighted by atomic mass is 9.49. The van der Waals surface area contributed by atoms with E-state index in [1.165, 1.54) is 5.57 Å². The van der Waals surface area contributed by atoms with E-state index < -0.39 is 16.6 Å². The number of aliphatic hydroxyl groups is 2. The molecule has 196 valence electrons. The van der Waals surface area contributed by atoms with Gasteiger partial charge in [-0.05, 0) is 81.3 Å². The summed E-state index contributed by atoms with van der Waals surface area (Å²) in [5.74, 6) is -0.552. The van der Waals surface area contributed by atoms with E-state index in [1.54, 1.807) is 0 Å². The molecule has 6 nitrogen and oxygen atoms in total. The minimum absolute atomic E-state index is 0.0336. The van der Waals surface area contributed by atoms with Crippen LogP contribution in [0.2, 0.25) is 0 Å². The maximum absolute atomic E-state index is 12.8. The summed E-state index contributed by atoms with van der Waals surface area (Å²) in [6.07, 6.45) is 5.33. The quantitative estimate of drug-likeness (QED) is 0.390. The average Bonchev–Trinajstić information content (AvgIpc) is 3.47. The van der Waals surface area contributed by atoms with Gasteiger partial charge in [-0.1, -0.05) is 32.4 Å². The molecule has 0 aromatic rings. The molecule has 2 saturated carbocycles. The molecule has 4 fully saturated rings. The molecule has 0 amide bonds. The minimum Gasteiger partial charge on any atom is -0.461 e. The van der Waals surface area contributed by atoms with Crippen molar-refractivity contribution in [3.63, 3.8) is 0 Å². The van der Waals surface area contributed by atoms with Crippen molar-refractivity contribution in [3.05, 3.63) is 22.8 Å². The number of carbonyl (C=O) groups is 2. The van der Waals surface area contributed by atoms with E-state index in [1.807, 2.05) is 27.7 Å². The number of allylic oxidation sites excluding steroid dienone is 1. The average molecular weight is 497 g/mol. The van der Waals surface area contributed by atoms with Crippen LogP contribution in [0.4, 0.5) is 0 Å². The third kappa shape index (κ3) is 2.35. The van der Waals surface area contributed by atoms with Crippen LogP contribution in [0.3, 0.4) is 0 Å². The van der Waals surface area contributed by atoms with Gasteiger partial charge in [-0.15, -0.1) is 0 Å². The second kappa shape index (κ2) is 6.66. The monoisotopic (exact) mass is 496 g/mol. The standard InChI is InChI=1S/C30H40O6/c1-13-11-19-27(4)12-18(21-22(27)24-16(7-9-28(21,5)33)14(2)26(32)36-24)30(19)20(13)23-17(8-10-29(30,6)34)15(3)25(31)35-23/h11,14-20,23-24,33-34H,7-10,12H2,1-6H3. The summed E-state index contributed by atoms with van der Waals surface area (Å²) in [4.78, 5) is 25.5. The fraction of sp³-hybridized carbons (Fsp3) is 0.800. The summed E-state index contributed by atoms with van der Waals surface area (Å²) in [6.45, 7) is 12.3. The van der Waals surface area contributed by atoms with E-state index in [4.69, 9.17) is 9.47 Å². The highest BCUT2D eigenvalue weighted by atomic mass is 16.6. The van der Waals surface area contributed by atoms with Crippen LogP contribution in [0, 0.1) is 52.3 Å². The van der Waals surface area contributed by atoms with Gasteiger partial charge in [-0.3, -0.25) is 9.59 Å². The molecule has 13 atom stereocenters. The fourth-order valence-electron chi connectivity index (χ4n) is 11.0. The minimum atomic E-state index is -1.03. The Morgan fingerprint density at radius 2 is 1.56 bits per heavy atom. The summed E-state index contributed by atoms with van der Waals surface area (Å²) < 4.78 is 12.3. The van der Waals surface area contributed by atoms with E-state index in [-0.39, 0.29) is 71.0 Å². The van der Waals surface area contributed by atoms with E-state index >= 15 is 0 Å². The first-order valence-corrected chi connectivity index (χ1v) is 14.1. The first-order chi connectivity index (χ1) is 16.8. The largest absolute Gasteiger partial charge is 0.461 e. The highest BCUT2D eigenvalue weighted by molar-refractivity contribution is 5.76. The smallest absolute Gasteiger partial charge is 0.309 e. The van der Waals surface area contributed by atoms with Crippen molar-refractivity contribution in [1.29, 1.82) is 0 Å². The SMILES string of the molecule is CC1=CC2C3(C)CC(C4=C3C3OC(=O)C(C)C3CCC4(C)O)C23C1C1OC(=O)C(C)C1CCC3(C)O. The highest BCUT2D eigenvalue weighted by Gasteiger charge is 2.80. The van der Waals surface area contributed by atoms with Gasteiger partial charge in [0.2, 0.25) is 0 Å². The number of carbonyl (C=O) groups excluding carboxylic acids is 2. The molecule has 0 aromatic carbocycles. The fourth-order valence-corrected chi connectivity index (χ4v) is 11.0. The van der Waals surface area contributed by atoms with Crippen molar-refractivity contribution in [3.8, 4) is 0 Å². The van der Waals surface area contributed by atoms with Gasteiger partial charge in [0, 0.05) is 23.2 Å². The van der Waals surface area contributed by atoms with Gasteiger partial charge >= 0.3 is 11.9 Å². The van der Waals surface area contributed by atoms with Crippen LogP contribution in [-0.2, 0) is 19.1 Å². The maximum atomic E-state index is 12.8. The predicted octanol–water partition coefficient (Wildman–Crippen LogP) is 3.95. The summed E-state index contributed by atoms with van der Waals surface area (Å²) in [7, 11) is 0. The Bertz CT molecular complexity index is 1150. The van der Waals surface area contributed by atoms with Crippen molar-refractivity contribution < 1.29 is 29.3 Å². The molecule has 2 saturated heterocycles. The molecule has 6 heteroatoms. The van der Waals surface area contributed by atoms with Gasteiger partial charge in [0.25, 0.3) is 0 Å². The Kier molecular flexibility index (Phi) is 4.34. The number of fused-ring (bicyclic) bond motifs is 9. The van der Waals surface area contributed by atoms with Crippen LogP contribution in [0.15, 0.2) is 22.8 Å². The lowest BCUT2D eigenvalue weighted by molar-refractivity contribution is -0.164. The van der Waals surface area contributed by atoms with E-state index in [9.17, 15) is 19.8 Å². The van der Waals surface area contributed by atoms with Crippen LogP contribution in [-0.4, -0.2) is 45.6 Å². The Morgan fingerprint density at radius 3 is 2.28 bits per heavy atom. The molecule has 2 heterocycles. The Hall–Kier alpha value is -1.66. The van der Waals surface area contributed by atoms with Crippen LogP contribution in [0.5, 0.6) is 0 Å². The zero-order valence-corrected chi connectivity index (χ0v) is 22.3. The number of hydrogen-bond acceptors (Lipinski definition) is 6. The lowest BCUT2D eigenvalue weighted by Gasteiger charge is -2.57. The molecule has 2 bridgehead atoms. The number of esters is 2. The van der Waals surface area contributed by atoms with Crippen LogP contribution in [0.25, 0.3) is 0 Å². The Labute approximate surface area is 213 Å². The van der Waals surface area contributed by atoms with Crippen molar-refractivity contribution in [2.75, 3.05) is 0 Å². The number of rotatable bonds is 0. The van der Waals surface area contributed by atoms with Gasteiger partial charge in [-0.25, -0.2) is 0 Å². The van der Waals surface area contributed by atoms with Gasteiger partial charge in [0.1, 0.15) is 12.2 Å². The van der Waals surface area contributed by atoms with Gasteiger partial charge < -0.3 is 19.7 Å². The van der Waals surface area contributed by atoms with E-state index in [0.717, 1.165) is 30.4 Å². The van der Waals surface area contributed by atoms with Crippen molar-refractivity contribution in [2.24, 2.45) is 52.3 Å². The molecule has 13 unspecified atom stereocenters. The molecular formula is C30H40O6. The third-order valence-corrected chi connectivity index (χ3v) is 12.5. The normalized spacial score (nSPS) is 58.8. The zero-order valence-electron chi connectivity index (χ0n) is 22.3. The van der Waals surface area contributed by atoms with Crippen LogP contribution in [0.1, 0.15) is 73.6 Å². The van der Waals surface area contributed by atoms with Gasteiger partial charge in [0.15, 0.2) is 0 Å². The number of hydrogen-bond donors (Lipinski definition) is 2. The van der Waals surface area contributed by atoms with Crippen LogP contribution >= 0.6 is 0 Å². The molecule has 2 N–H and O–H groups in total.